The molecule has 0 unspecified atom stereocenters. The molecule has 0 saturated carbocycles. The number of pyridine rings is 1. The molecule has 0 atom stereocenters. The highest BCUT2D eigenvalue weighted by atomic mass is 32.2. The highest BCUT2D eigenvalue weighted by molar-refractivity contribution is 7.92. The van der Waals surface area contributed by atoms with Gasteiger partial charge >= 0.3 is 0 Å². The van der Waals surface area contributed by atoms with Crippen molar-refractivity contribution in [2.45, 2.75) is 18.7 Å². The average molecular weight is 399 g/mol. The van der Waals surface area contributed by atoms with E-state index in [1.807, 2.05) is 6.92 Å². The summed E-state index contributed by atoms with van der Waals surface area (Å²) in [5.41, 5.74) is 2.12. The van der Waals surface area contributed by atoms with Crippen molar-refractivity contribution in [2.24, 2.45) is 0 Å². The Morgan fingerprint density at radius 2 is 1.79 bits per heavy atom. The molecule has 0 aliphatic rings. The third-order valence-corrected chi connectivity index (χ3v) is 5.50. The molecule has 2 aromatic carbocycles. The number of carbonyl (C=O) groups excluding carboxylic acids is 1. The molecule has 8 heteroatoms. The van der Waals surface area contributed by atoms with Crippen LogP contribution in [-0.2, 0) is 10.0 Å². The van der Waals surface area contributed by atoms with Gasteiger partial charge in [0.25, 0.3) is 15.9 Å². The van der Waals surface area contributed by atoms with Gasteiger partial charge in [-0.1, -0.05) is 23.8 Å². The second-order valence-corrected chi connectivity index (χ2v) is 7.95. The number of halogens is 1. The molecule has 0 aliphatic heterocycles. The molecule has 0 bridgehead atoms. The van der Waals surface area contributed by atoms with Gasteiger partial charge in [-0.05, 0) is 49.7 Å². The molecule has 6 nitrogen and oxygen atoms in total. The zero-order valence-corrected chi connectivity index (χ0v) is 16.0. The van der Waals surface area contributed by atoms with Gasteiger partial charge in [0.05, 0.1) is 22.3 Å². The van der Waals surface area contributed by atoms with Crippen molar-refractivity contribution in [1.82, 2.24) is 4.98 Å². The maximum absolute atomic E-state index is 13.2. The molecule has 1 amide bonds. The van der Waals surface area contributed by atoms with Crippen LogP contribution in [0.15, 0.2) is 65.8 Å². The Morgan fingerprint density at radius 1 is 1.00 bits per heavy atom. The summed E-state index contributed by atoms with van der Waals surface area (Å²) in [6.07, 6.45) is 2.60. The molecule has 0 radical (unpaired) electrons. The van der Waals surface area contributed by atoms with E-state index in [1.54, 1.807) is 25.1 Å². The first-order chi connectivity index (χ1) is 13.2. The Kier molecular flexibility index (Phi) is 5.41. The number of hydrogen-bond acceptors (Lipinski definition) is 4. The summed E-state index contributed by atoms with van der Waals surface area (Å²) < 4.78 is 41.0. The minimum Gasteiger partial charge on any atom is -0.322 e. The molecular formula is C20H18FN3O3S. The Morgan fingerprint density at radius 3 is 2.50 bits per heavy atom. The summed E-state index contributed by atoms with van der Waals surface area (Å²) in [6.45, 7) is 3.59. The van der Waals surface area contributed by atoms with E-state index in [0.717, 1.165) is 5.56 Å². The van der Waals surface area contributed by atoms with Crippen LogP contribution in [0.1, 0.15) is 21.5 Å². The summed E-state index contributed by atoms with van der Waals surface area (Å²) in [5, 5.41) is 2.54. The molecule has 3 aromatic rings. The minimum atomic E-state index is -3.84. The summed E-state index contributed by atoms with van der Waals surface area (Å²) >= 11 is 0. The SMILES string of the molecule is Cc1ccc(S(=O)(=O)Nc2cncc(C(=O)Nc3cccc(F)c3)c2)c(C)c1. The second-order valence-electron chi connectivity index (χ2n) is 6.30. The summed E-state index contributed by atoms with van der Waals surface area (Å²) in [5.74, 6) is -1.02. The van der Waals surface area contributed by atoms with Crippen molar-refractivity contribution in [3.8, 4) is 0 Å². The van der Waals surface area contributed by atoms with Crippen molar-refractivity contribution < 1.29 is 17.6 Å². The van der Waals surface area contributed by atoms with E-state index in [9.17, 15) is 17.6 Å². The Balaban J connectivity index is 1.82. The summed E-state index contributed by atoms with van der Waals surface area (Å²) in [7, 11) is -3.84. The van der Waals surface area contributed by atoms with E-state index < -0.39 is 21.7 Å². The number of aryl methyl sites for hydroxylation is 2. The number of anilines is 2. The van der Waals surface area contributed by atoms with Crippen molar-refractivity contribution in [3.63, 3.8) is 0 Å². The van der Waals surface area contributed by atoms with Gasteiger partial charge in [-0.3, -0.25) is 14.5 Å². The summed E-state index contributed by atoms with van der Waals surface area (Å²) in [6, 6.07) is 11.8. The third kappa shape index (κ3) is 4.52. The quantitative estimate of drug-likeness (QED) is 0.681. The summed E-state index contributed by atoms with van der Waals surface area (Å²) in [4.78, 5) is 16.4. The molecule has 3 rings (SSSR count). The Labute approximate surface area is 162 Å². The van der Waals surface area contributed by atoms with Gasteiger partial charge in [-0.25, -0.2) is 12.8 Å². The Hall–Kier alpha value is -3.26. The van der Waals surface area contributed by atoms with E-state index in [0.29, 0.717) is 5.56 Å². The number of nitrogens with one attached hydrogen (secondary N) is 2. The Bertz CT molecular complexity index is 1150. The predicted molar refractivity (Wildman–Crippen MR) is 105 cm³/mol. The van der Waals surface area contributed by atoms with Gasteiger partial charge < -0.3 is 5.32 Å². The van der Waals surface area contributed by atoms with Gasteiger partial charge in [0, 0.05) is 11.9 Å². The van der Waals surface area contributed by atoms with Crippen LogP contribution >= 0.6 is 0 Å². The van der Waals surface area contributed by atoms with Crippen LogP contribution in [0.25, 0.3) is 0 Å². The highest BCUT2D eigenvalue weighted by Gasteiger charge is 2.18. The largest absolute Gasteiger partial charge is 0.322 e. The van der Waals surface area contributed by atoms with Crippen molar-refractivity contribution >= 4 is 27.3 Å². The fourth-order valence-corrected chi connectivity index (χ4v) is 3.96. The van der Waals surface area contributed by atoms with Gasteiger partial charge in [-0.15, -0.1) is 0 Å². The van der Waals surface area contributed by atoms with Crippen LogP contribution in [0.2, 0.25) is 0 Å². The third-order valence-electron chi connectivity index (χ3n) is 3.96. The van der Waals surface area contributed by atoms with Gasteiger partial charge in [0.1, 0.15) is 5.82 Å². The number of aromatic nitrogens is 1. The molecular weight excluding hydrogens is 381 g/mol. The fraction of sp³-hybridized carbons (Fsp3) is 0.100. The minimum absolute atomic E-state index is 0.130. The predicted octanol–water partition coefficient (Wildman–Crippen LogP) is 3.89. The number of hydrogen-bond donors (Lipinski definition) is 2. The monoisotopic (exact) mass is 399 g/mol. The van der Waals surface area contributed by atoms with E-state index >= 15 is 0 Å². The lowest BCUT2D eigenvalue weighted by Gasteiger charge is -2.12. The number of nitrogens with zero attached hydrogens (tertiary/aromatic N) is 1. The van der Waals surface area contributed by atoms with Crippen molar-refractivity contribution in [2.75, 3.05) is 10.0 Å². The average Bonchev–Trinajstić information content (AvgIpc) is 2.61. The van der Waals surface area contributed by atoms with Crippen molar-refractivity contribution in [3.05, 3.63) is 83.4 Å². The first kappa shape index (κ1) is 19.5. The molecule has 0 fully saturated rings. The number of carbonyl (C=O) groups is 1. The lowest BCUT2D eigenvalue weighted by Crippen LogP contribution is -2.16. The van der Waals surface area contributed by atoms with Gasteiger partial charge in [0.15, 0.2) is 0 Å². The normalized spacial score (nSPS) is 11.1. The van der Waals surface area contributed by atoms with Crippen LogP contribution in [0.5, 0.6) is 0 Å². The molecule has 1 aromatic heterocycles. The van der Waals surface area contributed by atoms with Crippen molar-refractivity contribution in [1.29, 1.82) is 0 Å². The standard InChI is InChI=1S/C20H18FN3O3S/c1-13-6-7-19(14(2)8-13)28(26,27)24-18-9-15(11-22-12-18)20(25)23-17-5-3-4-16(21)10-17/h3-12,24H,1-2H3,(H,23,25). The van der Waals surface area contributed by atoms with Gasteiger partial charge in [0.2, 0.25) is 0 Å². The fourth-order valence-electron chi connectivity index (χ4n) is 2.70. The molecule has 0 spiro atoms. The second kappa shape index (κ2) is 7.77. The lowest BCUT2D eigenvalue weighted by molar-refractivity contribution is 0.102. The van der Waals surface area contributed by atoms with Gasteiger partial charge in [-0.2, -0.15) is 0 Å². The number of rotatable bonds is 5. The lowest BCUT2D eigenvalue weighted by atomic mass is 10.2. The topological polar surface area (TPSA) is 88.2 Å². The number of benzene rings is 2. The molecule has 2 N–H and O–H groups in total. The van der Waals surface area contributed by atoms with E-state index in [1.165, 1.54) is 42.7 Å². The highest BCUT2D eigenvalue weighted by Crippen LogP contribution is 2.21. The van der Waals surface area contributed by atoms with Crippen LogP contribution in [-0.4, -0.2) is 19.3 Å². The van der Waals surface area contributed by atoms with Crippen LogP contribution in [0.3, 0.4) is 0 Å². The maximum Gasteiger partial charge on any atom is 0.262 e. The smallest absolute Gasteiger partial charge is 0.262 e. The first-order valence-electron chi connectivity index (χ1n) is 8.37. The first-order valence-corrected chi connectivity index (χ1v) is 9.85. The zero-order valence-electron chi connectivity index (χ0n) is 15.2. The van der Waals surface area contributed by atoms with E-state index in [2.05, 4.69) is 15.0 Å². The van der Waals surface area contributed by atoms with Crippen LogP contribution in [0, 0.1) is 19.7 Å². The van der Waals surface area contributed by atoms with E-state index in [-0.39, 0.29) is 21.8 Å². The maximum atomic E-state index is 13.2. The molecule has 28 heavy (non-hydrogen) atoms. The molecule has 0 aliphatic carbocycles. The van der Waals surface area contributed by atoms with Crippen LogP contribution < -0.4 is 10.0 Å². The molecule has 144 valence electrons. The molecule has 0 saturated heterocycles. The molecule has 1 heterocycles. The number of sulfonamides is 1. The van der Waals surface area contributed by atoms with E-state index in [4.69, 9.17) is 0 Å². The number of amides is 1. The van der Waals surface area contributed by atoms with Crippen LogP contribution in [0.4, 0.5) is 15.8 Å². The zero-order chi connectivity index (χ0) is 20.3.